The molecule has 4 heteroatoms. The van der Waals surface area contributed by atoms with Gasteiger partial charge < -0.3 is 9.47 Å². The Morgan fingerprint density at radius 3 is 1.96 bits per heavy atom. The minimum absolute atomic E-state index is 0.412. The summed E-state index contributed by atoms with van der Waals surface area (Å²) >= 11 is 0. The van der Waals surface area contributed by atoms with E-state index in [4.69, 9.17) is 9.47 Å². The van der Waals surface area contributed by atoms with Gasteiger partial charge in [-0.15, -0.1) is 0 Å². The van der Waals surface area contributed by atoms with Crippen molar-refractivity contribution in [3.63, 3.8) is 0 Å². The maximum atomic E-state index is 12.3. The summed E-state index contributed by atoms with van der Waals surface area (Å²) in [6.45, 7) is 5.65. The van der Waals surface area contributed by atoms with Crippen molar-refractivity contribution in [2.75, 3.05) is 7.11 Å². The Morgan fingerprint density at radius 1 is 0.913 bits per heavy atom. The van der Waals surface area contributed by atoms with E-state index in [0.717, 1.165) is 12.0 Å². The number of esters is 2. The zero-order chi connectivity index (χ0) is 17.0. The largest absolute Gasteiger partial charge is 0.465 e. The molecule has 0 unspecified atom stereocenters. The van der Waals surface area contributed by atoms with E-state index < -0.39 is 11.9 Å². The first-order valence-corrected chi connectivity index (χ1v) is 7.47. The number of carbonyl (C=O) groups is 2. The molecule has 0 N–H and O–H groups in total. The van der Waals surface area contributed by atoms with Crippen LogP contribution in [-0.2, 0) is 11.2 Å². The highest BCUT2D eigenvalue weighted by atomic mass is 16.5. The Balaban J connectivity index is 2.25. The Bertz CT molecular complexity index is 707. The highest BCUT2D eigenvalue weighted by Gasteiger charge is 2.15. The van der Waals surface area contributed by atoms with Gasteiger partial charge in [-0.2, -0.15) is 0 Å². The lowest BCUT2D eigenvalue weighted by Crippen LogP contribution is -2.11. The van der Waals surface area contributed by atoms with Crippen molar-refractivity contribution >= 4 is 11.9 Å². The third-order valence-corrected chi connectivity index (χ3v) is 3.67. The summed E-state index contributed by atoms with van der Waals surface area (Å²) in [4.78, 5) is 23.9. The Kier molecular flexibility index (Phi) is 5.16. The second kappa shape index (κ2) is 7.09. The standard InChI is InChI=1S/C19H20O4/c1-5-14-6-8-15(9-7-14)19(21)23-17-12(2)10-16(11-13(17)3)18(20)22-4/h6-11H,5H2,1-4H3. The molecule has 4 nitrogen and oxygen atoms in total. The van der Waals surface area contributed by atoms with Crippen LogP contribution in [0.3, 0.4) is 0 Å². The molecule has 0 aliphatic heterocycles. The van der Waals surface area contributed by atoms with Crippen molar-refractivity contribution in [2.45, 2.75) is 27.2 Å². The number of aryl methyl sites for hydroxylation is 3. The van der Waals surface area contributed by atoms with Crippen LogP contribution in [0.1, 0.15) is 44.3 Å². The molecule has 0 radical (unpaired) electrons. The summed E-state index contributed by atoms with van der Waals surface area (Å²) in [7, 11) is 1.33. The molecule has 2 aromatic carbocycles. The second-order valence-electron chi connectivity index (χ2n) is 5.37. The molecule has 0 aliphatic carbocycles. The van der Waals surface area contributed by atoms with E-state index in [2.05, 4.69) is 6.92 Å². The topological polar surface area (TPSA) is 52.6 Å². The van der Waals surface area contributed by atoms with Crippen molar-refractivity contribution in [3.05, 3.63) is 64.2 Å². The molecule has 0 spiro atoms. The Morgan fingerprint density at radius 2 is 1.48 bits per heavy atom. The van der Waals surface area contributed by atoms with Crippen LogP contribution in [0.25, 0.3) is 0 Å². The van der Waals surface area contributed by atoms with Crippen molar-refractivity contribution in [1.29, 1.82) is 0 Å². The van der Waals surface area contributed by atoms with E-state index in [1.165, 1.54) is 7.11 Å². The van der Waals surface area contributed by atoms with Crippen LogP contribution >= 0.6 is 0 Å². The van der Waals surface area contributed by atoms with Crippen LogP contribution < -0.4 is 4.74 Å². The fourth-order valence-electron chi connectivity index (χ4n) is 2.38. The minimum atomic E-state index is -0.413. The molecular formula is C19H20O4. The number of methoxy groups -OCH3 is 1. The van der Waals surface area contributed by atoms with Gasteiger partial charge in [-0.25, -0.2) is 9.59 Å². The molecule has 2 aromatic rings. The fraction of sp³-hybridized carbons (Fsp3) is 0.263. The number of hydrogen-bond donors (Lipinski definition) is 0. The summed E-state index contributed by atoms with van der Waals surface area (Å²) in [6.07, 6.45) is 0.919. The summed E-state index contributed by atoms with van der Waals surface area (Å²) in [5, 5.41) is 0. The quantitative estimate of drug-likeness (QED) is 0.635. The first-order chi connectivity index (χ1) is 11.0. The number of carbonyl (C=O) groups excluding carboxylic acids is 2. The van der Waals surface area contributed by atoms with Crippen LogP contribution in [0, 0.1) is 13.8 Å². The van der Waals surface area contributed by atoms with Crippen LogP contribution in [0.2, 0.25) is 0 Å². The molecule has 2 rings (SSSR count). The fourth-order valence-corrected chi connectivity index (χ4v) is 2.38. The molecule has 0 aromatic heterocycles. The Hall–Kier alpha value is -2.62. The molecule has 0 saturated carbocycles. The van der Waals surface area contributed by atoms with Gasteiger partial charge in [0.1, 0.15) is 5.75 Å². The minimum Gasteiger partial charge on any atom is -0.465 e. The lowest BCUT2D eigenvalue weighted by atomic mass is 10.1. The van der Waals surface area contributed by atoms with Crippen LogP contribution in [-0.4, -0.2) is 19.0 Å². The van der Waals surface area contributed by atoms with Gasteiger partial charge >= 0.3 is 11.9 Å². The monoisotopic (exact) mass is 312 g/mol. The van der Waals surface area contributed by atoms with Gasteiger partial charge in [0.15, 0.2) is 0 Å². The molecule has 0 amide bonds. The summed E-state index contributed by atoms with van der Waals surface area (Å²) in [6, 6.07) is 10.7. The lowest BCUT2D eigenvalue weighted by Gasteiger charge is -2.12. The van der Waals surface area contributed by atoms with E-state index in [0.29, 0.717) is 28.0 Å². The molecule has 0 atom stereocenters. The molecule has 0 fully saturated rings. The van der Waals surface area contributed by atoms with E-state index in [-0.39, 0.29) is 0 Å². The molecule has 120 valence electrons. The van der Waals surface area contributed by atoms with Crippen LogP contribution in [0.4, 0.5) is 0 Å². The van der Waals surface area contributed by atoms with Gasteiger partial charge in [0.05, 0.1) is 18.2 Å². The molecule has 0 saturated heterocycles. The van der Waals surface area contributed by atoms with Gasteiger partial charge in [0.25, 0.3) is 0 Å². The zero-order valence-corrected chi connectivity index (χ0v) is 13.8. The van der Waals surface area contributed by atoms with E-state index >= 15 is 0 Å². The van der Waals surface area contributed by atoms with E-state index in [9.17, 15) is 9.59 Å². The normalized spacial score (nSPS) is 10.3. The lowest BCUT2D eigenvalue weighted by molar-refractivity contribution is 0.0600. The average Bonchev–Trinajstić information content (AvgIpc) is 2.57. The van der Waals surface area contributed by atoms with Gasteiger partial charge in [-0.3, -0.25) is 0 Å². The molecule has 0 bridgehead atoms. The van der Waals surface area contributed by atoms with E-state index in [1.54, 1.807) is 38.1 Å². The summed E-state index contributed by atoms with van der Waals surface area (Å²) in [5.74, 6) is -0.351. The summed E-state index contributed by atoms with van der Waals surface area (Å²) < 4.78 is 10.2. The van der Waals surface area contributed by atoms with Gasteiger partial charge in [-0.1, -0.05) is 19.1 Å². The molecule has 23 heavy (non-hydrogen) atoms. The summed E-state index contributed by atoms with van der Waals surface area (Å²) in [5.41, 5.74) is 3.52. The Labute approximate surface area is 136 Å². The SMILES string of the molecule is CCc1ccc(C(=O)Oc2c(C)cc(C(=O)OC)cc2C)cc1. The van der Waals surface area contributed by atoms with Gasteiger partial charge in [0, 0.05) is 0 Å². The smallest absolute Gasteiger partial charge is 0.343 e. The van der Waals surface area contributed by atoms with Crippen LogP contribution in [0.15, 0.2) is 36.4 Å². The number of benzene rings is 2. The van der Waals surface area contributed by atoms with Crippen molar-refractivity contribution in [3.8, 4) is 5.75 Å². The highest BCUT2D eigenvalue weighted by molar-refractivity contribution is 5.92. The number of hydrogen-bond acceptors (Lipinski definition) is 4. The van der Waals surface area contributed by atoms with E-state index in [1.807, 2.05) is 12.1 Å². The first kappa shape index (κ1) is 16.7. The third-order valence-electron chi connectivity index (χ3n) is 3.67. The maximum Gasteiger partial charge on any atom is 0.343 e. The van der Waals surface area contributed by atoms with Crippen LogP contribution in [0.5, 0.6) is 5.75 Å². The predicted molar refractivity (Wildman–Crippen MR) is 88.0 cm³/mol. The second-order valence-corrected chi connectivity index (χ2v) is 5.37. The van der Waals surface area contributed by atoms with Crippen molar-refractivity contribution in [1.82, 2.24) is 0 Å². The van der Waals surface area contributed by atoms with Gasteiger partial charge in [0.2, 0.25) is 0 Å². The predicted octanol–water partition coefficient (Wildman–Crippen LogP) is 3.87. The first-order valence-electron chi connectivity index (χ1n) is 7.47. The van der Waals surface area contributed by atoms with Crippen molar-refractivity contribution in [2.24, 2.45) is 0 Å². The zero-order valence-electron chi connectivity index (χ0n) is 13.8. The van der Waals surface area contributed by atoms with Crippen molar-refractivity contribution < 1.29 is 19.1 Å². The third kappa shape index (κ3) is 3.77. The molecule has 0 aliphatic rings. The maximum absolute atomic E-state index is 12.3. The molecule has 0 heterocycles. The average molecular weight is 312 g/mol. The molecular weight excluding hydrogens is 292 g/mol. The number of rotatable bonds is 4. The van der Waals surface area contributed by atoms with Gasteiger partial charge in [-0.05, 0) is 61.2 Å². The number of ether oxygens (including phenoxy) is 2. The highest BCUT2D eigenvalue weighted by Crippen LogP contribution is 2.26.